The summed E-state index contributed by atoms with van der Waals surface area (Å²) in [6.07, 6.45) is -0.0601. The zero-order chi connectivity index (χ0) is 10.8. The maximum Gasteiger partial charge on any atom is 0.337 e. The van der Waals surface area contributed by atoms with Crippen molar-refractivity contribution in [2.24, 2.45) is 0 Å². The van der Waals surface area contributed by atoms with Crippen molar-refractivity contribution in [1.82, 2.24) is 0 Å². The summed E-state index contributed by atoms with van der Waals surface area (Å²) >= 11 is 0. The Bertz CT molecular complexity index is 386. The normalized spacial score (nSPS) is 15.5. The molecule has 0 fully saturated rings. The van der Waals surface area contributed by atoms with Crippen LogP contribution in [0.15, 0.2) is 18.2 Å². The van der Waals surface area contributed by atoms with Gasteiger partial charge in [0.05, 0.1) is 6.61 Å². The van der Waals surface area contributed by atoms with E-state index in [2.05, 4.69) is 0 Å². The molecule has 0 bridgehead atoms. The third kappa shape index (κ3) is 1.80. The van der Waals surface area contributed by atoms with E-state index >= 15 is 0 Å². The zero-order valence-electron chi connectivity index (χ0n) is 8.40. The fourth-order valence-corrected chi connectivity index (χ4v) is 1.75. The Morgan fingerprint density at radius 2 is 2.40 bits per heavy atom. The van der Waals surface area contributed by atoms with Crippen LogP contribution >= 0.6 is 0 Å². The van der Waals surface area contributed by atoms with Gasteiger partial charge in [0.25, 0.3) is 0 Å². The number of carbonyl (C=O) groups is 1. The summed E-state index contributed by atoms with van der Waals surface area (Å²) in [6.45, 7) is 0.670. The van der Waals surface area contributed by atoms with Gasteiger partial charge in [-0.1, -0.05) is 6.07 Å². The zero-order valence-corrected chi connectivity index (χ0v) is 8.40. The molecule has 1 heterocycles. The molecule has 0 unspecified atom stereocenters. The second-order valence-electron chi connectivity index (χ2n) is 3.42. The van der Waals surface area contributed by atoms with Crippen molar-refractivity contribution in [2.45, 2.75) is 12.5 Å². The van der Waals surface area contributed by atoms with Crippen LogP contribution in [0.3, 0.4) is 0 Å². The van der Waals surface area contributed by atoms with E-state index in [1.807, 2.05) is 6.07 Å². The third-order valence-corrected chi connectivity index (χ3v) is 2.48. The number of fused-ring (bicyclic) bond motifs is 1. The van der Waals surface area contributed by atoms with Crippen LogP contribution in [-0.2, 0) is 16.0 Å². The van der Waals surface area contributed by atoms with Crippen LogP contribution in [-0.4, -0.2) is 24.8 Å². The minimum Gasteiger partial charge on any atom is -0.493 e. The molecule has 4 heteroatoms. The predicted octanol–water partition coefficient (Wildman–Crippen LogP) is 1.39. The third-order valence-electron chi connectivity index (χ3n) is 2.48. The van der Waals surface area contributed by atoms with Gasteiger partial charge in [0.1, 0.15) is 5.75 Å². The monoisotopic (exact) mass is 208 g/mol. The van der Waals surface area contributed by atoms with Gasteiger partial charge in [0.15, 0.2) is 6.10 Å². The number of rotatable bonds is 3. The van der Waals surface area contributed by atoms with E-state index in [4.69, 9.17) is 14.6 Å². The van der Waals surface area contributed by atoms with Gasteiger partial charge in [-0.3, -0.25) is 0 Å². The van der Waals surface area contributed by atoms with Crippen molar-refractivity contribution < 1.29 is 19.4 Å². The molecule has 1 aromatic carbocycles. The number of hydrogen-bond donors (Lipinski definition) is 1. The van der Waals surface area contributed by atoms with Crippen LogP contribution in [0.4, 0.5) is 0 Å². The van der Waals surface area contributed by atoms with Gasteiger partial charge in [-0.25, -0.2) is 4.79 Å². The Morgan fingerprint density at radius 3 is 3.07 bits per heavy atom. The largest absolute Gasteiger partial charge is 0.493 e. The number of ether oxygens (including phenoxy) is 2. The average Bonchev–Trinajstić information content (AvgIpc) is 2.65. The van der Waals surface area contributed by atoms with Crippen LogP contribution in [0.2, 0.25) is 0 Å². The number of methoxy groups -OCH3 is 1. The van der Waals surface area contributed by atoms with E-state index in [1.165, 1.54) is 7.11 Å². The standard InChI is InChI=1S/C11H12O4/c1-14-10(11(12)13)8-2-3-9-7(6-8)4-5-15-9/h2-3,6,10H,4-5H2,1H3,(H,12,13)/t10-/m0/s1. The lowest BCUT2D eigenvalue weighted by Gasteiger charge is -2.11. The van der Waals surface area contributed by atoms with E-state index in [-0.39, 0.29) is 0 Å². The van der Waals surface area contributed by atoms with Crippen LogP contribution < -0.4 is 4.74 Å². The second-order valence-corrected chi connectivity index (χ2v) is 3.42. The minimum atomic E-state index is -0.976. The van der Waals surface area contributed by atoms with E-state index < -0.39 is 12.1 Å². The van der Waals surface area contributed by atoms with Crippen LogP contribution in [0.5, 0.6) is 5.75 Å². The lowest BCUT2D eigenvalue weighted by atomic mass is 10.0. The number of aliphatic carboxylic acids is 1. The smallest absolute Gasteiger partial charge is 0.337 e. The highest BCUT2D eigenvalue weighted by atomic mass is 16.5. The second kappa shape index (κ2) is 3.90. The lowest BCUT2D eigenvalue weighted by molar-refractivity contribution is -0.148. The number of benzene rings is 1. The Labute approximate surface area is 87.4 Å². The van der Waals surface area contributed by atoms with Gasteiger partial charge in [-0.2, -0.15) is 0 Å². The summed E-state index contributed by atoms with van der Waals surface area (Å²) in [4.78, 5) is 10.9. The molecule has 0 saturated carbocycles. The van der Waals surface area contributed by atoms with Crippen molar-refractivity contribution in [2.75, 3.05) is 13.7 Å². The van der Waals surface area contributed by atoms with Gasteiger partial charge in [0, 0.05) is 13.5 Å². The predicted molar refractivity (Wildman–Crippen MR) is 53.0 cm³/mol. The molecule has 2 rings (SSSR count). The molecule has 0 spiro atoms. The van der Waals surface area contributed by atoms with Crippen molar-refractivity contribution in [3.05, 3.63) is 29.3 Å². The van der Waals surface area contributed by atoms with Crippen molar-refractivity contribution in [3.8, 4) is 5.75 Å². The van der Waals surface area contributed by atoms with Crippen LogP contribution in [0.25, 0.3) is 0 Å². The molecule has 0 aromatic heterocycles. The molecule has 0 aliphatic carbocycles. The molecule has 0 radical (unpaired) electrons. The quantitative estimate of drug-likeness (QED) is 0.815. The first-order chi connectivity index (χ1) is 7.22. The fourth-order valence-electron chi connectivity index (χ4n) is 1.75. The Morgan fingerprint density at radius 1 is 1.60 bits per heavy atom. The Balaban J connectivity index is 2.32. The van der Waals surface area contributed by atoms with Gasteiger partial charge in [-0.05, 0) is 23.3 Å². The average molecular weight is 208 g/mol. The molecule has 1 atom stereocenters. The Hall–Kier alpha value is -1.55. The molecule has 1 aliphatic heterocycles. The number of carboxylic acid groups (broad SMARTS) is 1. The van der Waals surface area contributed by atoms with E-state index in [0.29, 0.717) is 12.2 Å². The highest BCUT2D eigenvalue weighted by Gasteiger charge is 2.21. The number of hydrogen-bond acceptors (Lipinski definition) is 3. The molecular formula is C11H12O4. The van der Waals surface area contributed by atoms with Gasteiger partial charge < -0.3 is 14.6 Å². The first kappa shape index (κ1) is 9.98. The van der Waals surface area contributed by atoms with Crippen molar-refractivity contribution >= 4 is 5.97 Å². The lowest BCUT2D eigenvalue weighted by Crippen LogP contribution is -2.13. The summed E-state index contributed by atoms with van der Waals surface area (Å²) in [6, 6.07) is 5.36. The fraction of sp³-hybridized carbons (Fsp3) is 0.364. The molecular weight excluding hydrogens is 196 g/mol. The van der Waals surface area contributed by atoms with Gasteiger partial charge in [-0.15, -0.1) is 0 Å². The minimum absolute atomic E-state index is 0.661. The maximum absolute atomic E-state index is 10.9. The topological polar surface area (TPSA) is 55.8 Å². The Kier molecular flexibility index (Phi) is 2.60. The van der Waals surface area contributed by atoms with E-state index in [9.17, 15) is 4.79 Å². The molecule has 80 valence electrons. The highest BCUT2D eigenvalue weighted by Crippen LogP contribution is 2.29. The first-order valence-corrected chi connectivity index (χ1v) is 4.73. The molecule has 1 aliphatic rings. The number of carboxylic acids is 1. The highest BCUT2D eigenvalue weighted by molar-refractivity contribution is 5.74. The van der Waals surface area contributed by atoms with E-state index in [0.717, 1.165) is 17.7 Å². The summed E-state index contributed by atoms with van der Waals surface area (Å²) in [5.74, 6) is -0.129. The maximum atomic E-state index is 10.9. The molecule has 15 heavy (non-hydrogen) atoms. The van der Waals surface area contributed by atoms with Gasteiger partial charge >= 0.3 is 5.97 Å². The molecule has 1 N–H and O–H groups in total. The molecule has 0 saturated heterocycles. The van der Waals surface area contributed by atoms with Crippen LogP contribution in [0, 0.1) is 0 Å². The van der Waals surface area contributed by atoms with Gasteiger partial charge in [0.2, 0.25) is 0 Å². The SMILES string of the molecule is CO[C@H](C(=O)O)c1ccc2c(c1)CCO2. The molecule has 1 aromatic rings. The molecule has 0 amide bonds. The van der Waals surface area contributed by atoms with Crippen LogP contribution in [0.1, 0.15) is 17.2 Å². The first-order valence-electron chi connectivity index (χ1n) is 4.73. The van der Waals surface area contributed by atoms with Crippen molar-refractivity contribution in [1.29, 1.82) is 0 Å². The molecule has 4 nitrogen and oxygen atoms in total. The van der Waals surface area contributed by atoms with E-state index in [1.54, 1.807) is 12.1 Å². The van der Waals surface area contributed by atoms with Crippen molar-refractivity contribution in [3.63, 3.8) is 0 Å². The summed E-state index contributed by atoms with van der Waals surface area (Å²) < 4.78 is 10.3. The summed E-state index contributed by atoms with van der Waals surface area (Å²) in [7, 11) is 1.39. The summed E-state index contributed by atoms with van der Waals surface area (Å²) in [5.41, 5.74) is 1.71. The summed E-state index contributed by atoms with van der Waals surface area (Å²) in [5, 5.41) is 8.92.